The number of aromatic amines is 1. The minimum Gasteiger partial charge on any atom is -0.357 e. The van der Waals surface area contributed by atoms with E-state index in [0.717, 1.165) is 0 Å². The number of imidazole rings is 1. The molecule has 0 spiro atoms. The van der Waals surface area contributed by atoms with Crippen molar-refractivity contribution in [3.63, 3.8) is 0 Å². The van der Waals surface area contributed by atoms with Gasteiger partial charge < -0.3 is 14.9 Å². The Balaban J connectivity index is 1.99. The molecule has 5 nitrogen and oxygen atoms in total. The van der Waals surface area contributed by atoms with Crippen molar-refractivity contribution in [3.05, 3.63) is 77.9 Å². The monoisotopic (exact) mass is 298 g/mol. The molecular formula is C16H15FN4O. The highest BCUT2D eigenvalue weighted by Gasteiger charge is 2.24. The molecule has 112 valence electrons. The summed E-state index contributed by atoms with van der Waals surface area (Å²) in [7, 11) is 1.80. The average Bonchev–Trinajstić information content (AvgIpc) is 3.17. The van der Waals surface area contributed by atoms with Gasteiger partial charge in [0.15, 0.2) is 0 Å². The van der Waals surface area contributed by atoms with E-state index in [2.05, 4.69) is 15.3 Å². The summed E-state index contributed by atoms with van der Waals surface area (Å²) in [6, 6.07) is 9.07. The molecule has 0 bridgehead atoms. The molecule has 0 fully saturated rings. The van der Waals surface area contributed by atoms with Crippen molar-refractivity contribution in [2.75, 3.05) is 0 Å². The third-order valence-electron chi connectivity index (χ3n) is 3.45. The summed E-state index contributed by atoms with van der Waals surface area (Å²) in [4.78, 5) is 19.4. The number of carbonyl (C=O) groups excluding carboxylic acids is 1. The van der Waals surface area contributed by atoms with Crippen LogP contribution in [0.5, 0.6) is 0 Å². The largest absolute Gasteiger partial charge is 0.357 e. The maximum atomic E-state index is 14.2. The SMILES string of the molecule is Cn1ccnc1C(NC(=O)c1ccc[nH]1)c1ccccc1F. The van der Waals surface area contributed by atoms with Crippen LogP contribution in [0.25, 0.3) is 0 Å². The topological polar surface area (TPSA) is 62.7 Å². The smallest absolute Gasteiger partial charge is 0.268 e. The maximum absolute atomic E-state index is 14.2. The lowest BCUT2D eigenvalue weighted by molar-refractivity contribution is 0.0936. The fraction of sp³-hybridized carbons (Fsp3) is 0.125. The minimum absolute atomic E-state index is 0.318. The van der Waals surface area contributed by atoms with Crippen LogP contribution in [0.1, 0.15) is 27.9 Å². The second-order valence-electron chi connectivity index (χ2n) is 4.91. The Morgan fingerprint density at radius 1 is 1.32 bits per heavy atom. The van der Waals surface area contributed by atoms with Crippen molar-refractivity contribution in [2.45, 2.75) is 6.04 Å². The molecule has 3 rings (SSSR count). The molecule has 2 aromatic heterocycles. The van der Waals surface area contributed by atoms with E-state index in [1.807, 2.05) is 0 Å². The number of nitrogens with zero attached hydrogens (tertiary/aromatic N) is 2. The number of halogens is 1. The van der Waals surface area contributed by atoms with Crippen LogP contribution in [0.4, 0.5) is 4.39 Å². The van der Waals surface area contributed by atoms with Crippen molar-refractivity contribution in [2.24, 2.45) is 7.05 Å². The molecule has 6 heteroatoms. The van der Waals surface area contributed by atoms with Crippen LogP contribution in [-0.2, 0) is 7.05 Å². The number of H-pyrrole nitrogens is 1. The molecule has 22 heavy (non-hydrogen) atoms. The average molecular weight is 298 g/mol. The Morgan fingerprint density at radius 3 is 2.77 bits per heavy atom. The van der Waals surface area contributed by atoms with Crippen molar-refractivity contribution >= 4 is 5.91 Å². The highest BCUT2D eigenvalue weighted by atomic mass is 19.1. The predicted molar refractivity (Wildman–Crippen MR) is 79.7 cm³/mol. The Labute approximate surface area is 126 Å². The van der Waals surface area contributed by atoms with Crippen molar-refractivity contribution in [3.8, 4) is 0 Å². The van der Waals surface area contributed by atoms with Gasteiger partial charge in [0, 0.05) is 31.2 Å². The number of hydrogen-bond donors (Lipinski definition) is 2. The molecule has 1 atom stereocenters. The Morgan fingerprint density at radius 2 is 2.14 bits per heavy atom. The van der Waals surface area contributed by atoms with Crippen LogP contribution in [0.15, 0.2) is 55.0 Å². The Kier molecular flexibility index (Phi) is 3.74. The summed E-state index contributed by atoms with van der Waals surface area (Å²) < 4.78 is 15.9. The first-order valence-electron chi connectivity index (χ1n) is 6.82. The molecule has 0 aliphatic carbocycles. The Bertz CT molecular complexity index is 779. The van der Waals surface area contributed by atoms with Gasteiger partial charge in [0.1, 0.15) is 23.4 Å². The summed E-state index contributed by atoms with van der Waals surface area (Å²) in [5.74, 6) is -0.145. The first-order chi connectivity index (χ1) is 10.7. The fourth-order valence-corrected chi connectivity index (χ4v) is 2.33. The van der Waals surface area contributed by atoms with Gasteiger partial charge in [-0.2, -0.15) is 0 Å². The van der Waals surface area contributed by atoms with Crippen LogP contribution in [0.3, 0.4) is 0 Å². The van der Waals surface area contributed by atoms with E-state index in [4.69, 9.17) is 0 Å². The van der Waals surface area contributed by atoms with E-state index >= 15 is 0 Å². The zero-order valence-electron chi connectivity index (χ0n) is 12.0. The molecule has 0 saturated carbocycles. The van der Waals surface area contributed by atoms with Gasteiger partial charge in [0.2, 0.25) is 0 Å². The van der Waals surface area contributed by atoms with Crippen molar-refractivity contribution in [1.82, 2.24) is 19.9 Å². The van der Waals surface area contributed by atoms with Gasteiger partial charge in [-0.25, -0.2) is 9.37 Å². The zero-order chi connectivity index (χ0) is 15.5. The first kappa shape index (κ1) is 14.1. The van der Waals surface area contributed by atoms with Crippen LogP contribution < -0.4 is 5.32 Å². The van der Waals surface area contributed by atoms with Crippen LogP contribution in [0.2, 0.25) is 0 Å². The van der Waals surface area contributed by atoms with Crippen LogP contribution in [-0.4, -0.2) is 20.4 Å². The molecule has 3 aromatic rings. The van der Waals surface area contributed by atoms with E-state index in [1.165, 1.54) is 6.07 Å². The highest BCUT2D eigenvalue weighted by molar-refractivity contribution is 5.92. The zero-order valence-corrected chi connectivity index (χ0v) is 12.0. The summed E-state index contributed by atoms with van der Waals surface area (Å²) in [6.45, 7) is 0. The Hall–Kier alpha value is -2.89. The molecule has 1 aromatic carbocycles. The number of hydrogen-bond acceptors (Lipinski definition) is 2. The lowest BCUT2D eigenvalue weighted by atomic mass is 10.1. The second kappa shape index (κ2) is 5.85. The number of aromatic nitrogens is 3. The van der Waals surface area contributed by atoms with Crippen LogP contribution in [0, 0.1) is 5.82 Å². The van der Waals surface area contributed by atoms with Gasteiger partial charge in [-0.15, -0.1) is 0 Å². The van der Waals surface area contributed by atoms with Gasteiger partial charge in [-0.05, 0) is 18.2 Å². The summed E-state index contributed by atoms with van der Waals surface area (Å²) in [5, 5.41) is 2.83. The molecular weight excluding hydrogens is 283 g/mol. The van der Waals surface area contributed by atoms with Gasteiger partial charge in [-0.1, -0.05) is 18.2 Å². The van der Waals surface area contributed by atoms with Crippen molar-refractivity contribution in [1.29, 1.82) is 0 Å². The third kappa shape index (κ3) is 2.63. The van der Waals surface area contributed by atoms with E-state index in [9.17, 15) is 9.18 Å². The molecule has 1 unspecified atom stereocenters. The number of amides is 1. The fourth-order valence-electron chi connectivity index (χ4n) is 2.33. The number of rotatable bonds is 4. The maximum Gasteiger partial charge on any atom is 0.268 e. The van der Waals surface area contributed by atoms with Crippen LogP contribution >= 0.6 is 0 Å². The highest BCUT2D eigenvalue weighted by Crippen LogP contribution is 2.23. The second-order valence-corrected chi connectivity index (χ2v) is 4.91. The number of aryl methyl sites for hydroxylation is 1. The summed E-state index contributed by atoms with van der Waals surface area (Å²) in [5.41, 5.74) is 0.784. The third-order valence-corrected chi connectivity index (χ3v) is 3.45. The van der Waals surface area contributed by atoms with Gasteiger partial charge in [-0.3, -0.25) is 4.79 Å². The van der Waals surface area contributed by atoms with E-state index in [1.54, 1.807) is 60.5 Å². The van der Waals surface area contributed by atoms with Gasteiger partial charge in [0.25, 0.3) is 5.91 Å². The lowest BCUT2D eigenvalue weighted by Crippen LogP contribution is -2.31. The predicted octanol–water partition coefficient (Wildman–Crippen LogP) is 2.41. The summed E-state index contributed by atoms with van der Waals surface area (Å²) >= 11 is 0. The number of benzene rings is 1. The molecule has 2 N–H and O–H groups in total. The number of nitrogens with one attached hydrogen (secondary N) is 2. The molecule has 1 amide bonds. The number of carbonyl (C=O) groups is 1. The lowest BCUT2D eigenvalue weighted by Gasteiger charge is -2.19. The molecule has 0 aliphatic rings. The normalized spacial score (nSPS) is 12.1. The van der Waals surface area contributed by atoms with Crippen molar-refractivity contribution < 1.29 is 9.18 Å². The minimum atomic E-state index is -0.669. The quantitative estimate of drug-likeness (QED) is 0.777. The molecule has 2 heterocycles. The molecule has 0 aliphatic heterocycles. The summed E-state index contributed by atoms with van der Waals surface area (Å²) in [6.07, 6.45) is 5.03. The molecule has 0 radical (unpaired) electrons. The first-order valence-corrected chi connectivity index (χ1v) is 6.82. The molecule has 0 saturated heterocycles. The van der Waals surface area contributed by atoms with Gasteiger partial charge in [0.05, 0.1) is 0 Å². The van der Waals surface area contributed by atoms with Gasteiger partial charge >= 0.3 is 0 Å². The van der Waals surface area contributed by atoms with E-state index < -0.39 is 6.04 Å². The van der Waals surface area contributed by atoms with E-state index in [0.29, 0.717) is 17.1 Å². The van der Waals surface area contributed by atoms with E-state index in [-0.39, 0.29) is 11.7 Å². The standard InChI is InChI=1S/C16H15FN4O/c1-21-10-9-19-15(21)14(11-5-2-3-6-12(11)17)20-16(22)13-7-4-8-18-13/h2-10,14,18H,1H3,(H,20,22).